The summed E-state index contributed by atoms with van der Waals surface area (Å²) in [6.07, 6.45) is 9.49. The number of unbranched alkanes of at least 4 members (excludes halogenated alkanes) is 1. The minimum absolute atomic E-state index is 0.209. The summed E-state index contributed by atoms with van der Waals surface area (Å²) in [5.41, 5.74) is 12.4. The fraction of sp³-hybridized carbons (Fsp3) is 0.950. The van der Waals surface area contributed by atoms with Gasteiger partial charge in [0.2, 0.25) is 0 Å². The van der Waals surface area contributed by atoms with Crippen molar-refractivity contribution in [3.8, 4) is 0 Å². The molecule has 2 fully saturated rings. The van der Waals surface area contributed by atoms with E-state index in [2.05, 4.69) is 32.6 Å². The summed E-state index contributed by atoms with van der Waals surface area (Å²) in [6, 6.07) is 0.384. The van der Waals surface area contributed by atoms with E-state index in [1.807, 2.05) is 0 Å². The maximum absolute atomic E-state index is 13.3. The van der Waals surface area contributed by atoms with Crippen LogP contribution in [0, 0.1) is 10.8 Å². The quantitative estimate of drug-likeness (QED) is 0.450. The highest BCUT2D eigenvalue weighted by molar-refractivity contribution is 5.80. The third kappa shape index (κ3) is 3.74. The maximum Gasteiger partial charge on any atom is 0.317 e. The van der Waals surface area contributed by atoms with Gasteiger partial charge < -0.3 is 4.74 Å². The molecule has 1 heterocycles. The molecule has 25 heavy (non-hydrogen) atoms. The summed E-state index contributed by atoms with van der Waals surface area (Å²) >= 11 is 0. The lowest BCUT2D eigenvalue weighted by molar-refractivity contribution is -0.198. The number of likely N-dealkylation sites (tertiary alicyclic amines) is 1. The first-order valence-corrected chi connectivity index (χ1v) is 10.2. The number of hydrogen-bond donors (Lipinski definition) is 2. The van der Waals surface area contributed by atoms with Crippen molar-refractivity contribution in [1.29, 1.82) is 0 Å². The van der Waals surface area contributed by atoms with Gasteiger partial charge in [0.25, 0.3) is 0 Å². The summed E-state index contributed by atoms with van der Waals surface area (Å²) in [5, 5.41) is 0. The van der Waals surface area contributed by atoms with Crippen molar-refractivity contribution < 1.29 is 9.53 Å². The Morgan fingerprint density at radius 2 is 1.80 bits per heavy atom. The van der Waals surface area contributed by atoms with Crippen molar-refractivity contribution in [3.05, 3.63) is 0 Å². The molecule has 2 rings (SSSR count). The van der Waals surface area contributed by atoms with Crippen LogP contribution in [-0.4, -0.2) is 35.8 Å². The summed E-state index contributed by atoms with van der Waals surface area (Å²) in [6.45, 7) is 9.64. The Kier molecular flexibility index (Phi) is 6.55. The third-order valence-electron chi connectivity index (χ3n) is 6.49. The lowest BCUT2D eigenvalue weighted by Crippen LogP contribution is -2.81. The Bertz CT molecular complexity index is 452. The normalized spacial score (nSPS) is 28.7. The van der Waals surface area contributed by atoms with Gasteiger partial charge in [-0.05, 0) is 37.5 Å². The summed E-state index contributed by atoms with van der Waals surface area (Å²) in [7, 11) is 0. The zero-order valence-electron chi connectivity index (χ0n) is 16.8. The molecular weight excluding hydrogens is 314 g/mol. The van der Waals surface area contributed by atoms with Gasteiger partial charge in [0.15, 0.2) is 0 Å². The highest BCUT2D eigenvalue weighted by Crippen LogP contribution is 2.53. The Labute approximate surface area is 153 Å². The molecule has 0 spiro atoms. The number of esters is 1. The predicted molar refractivity (Wildman–Crippen MR) is 102 cm³/mol. The lowest BCUT2D eigenvalue weighted by atomic mass is 9.57. The van der Waals surface area contributed by atoms with E-state index in [0.717, 1.165) is 38.6 Å². The molecule has 0 radical (unpaired) electrons. The standard InChI is InChI=1S/C20H39N3O2/c1-5-6-15-25-17(24)19(18(2,3)4)13-10-14-23(20(19,21)22)16-11-8-7-9-12-16/h16H,5-15,21-22H2,1-4H3. The minimum Gasteiger partial charge on any atom is -0.465 e. The van der Waals surface area contributed by atoms with Crippen LogP contribution in [0.2, 0.25) is 0 Å². The average Bonchev–Trinajstić information content (AvgIpc) is 2.54. The van der Waals surface area contributed by atoms with Crippen LogP contribution in [0.3, 0.4) is 0 Å². The molecule has 0 amide bonds. The fourth-order valence-corrected chi connectivity index (χ4v) is 5.00. The number of carbonyl (C=O) groups excluding carboxylic acids is 1. The second-order valence-corrected chi connectivity index (χ2v) is 9.06. The van der Waals surface area contributed by atoms with E-state index in [1.165, 1.54) is 19.3 Å². The number of nitrogens with zero attached hydrogens (tertiary/aromatic N) is 1. The van der Waals surface area contributed by atoms with Crippen molar-refractivity contribution in [1.82, 2.24) is 4.90 Å². The van der Waals surface area contributed by atoms with Crippen LogP contribution in [0.1, 0.15) is 85.5 Å². The molecule has 1 aliphatic carbocycles. The van der Waals surface area contributed by atoms with E-state index in [9.17, 15) is 4.79 Å². The van der Waals surface area contributed by atoms with E-state index < -0.39 is 11.2 Å². The van der Waals surface area contributed by atoms with Gasteiger partial charge in [-0.15, -0.1) is 0 Å². The van der Waals surface area contributed by atoms with Gasteiger partial charge in [-0.1, -0.05) is 53.4 Å². The van der Waals surface area contributed by atoms with E-state index in [4.69, 9.17) is 16.2 Å². The molecule has 1 atom stereocenters. The van der Waals surface area contributed by atoms with Gasteiger partial charge >= 0.3 is 5.97 Å². The molecule has 0 aromatic carbocycles. The highest BCUT2D eigenvalue weighted by Gasteiger charge is 2.64. The SMILES string of the molecule is CCCCOC(=O)C1(C(C)(C)C)CCCN(C2CCCCC2)C1(N)N. The number of ether oxygens (including phenoxy) is 1. The molecule has 146 valence electrons. The van der Waals surface area contributed by atoms with Crippen molar-refractivity contribution in [2.45, 2.75) is 97.3 Å². The van der Waals surface area contributed by atoms with E-state index in [0.29, 0.717) is 19.1 Å². The van der Waals surface area contributed by atoms with Crippen LogP contribution < -0.4 is 11.5 Å². The molecule has 1 unspecified atom stereocenters. The number of piperidine rings is 1. The van der Waals surface area contributed by atoms with Crippen molar-refractivity contribution in [3.63, 3.8) is 0 Å². The molecule has 4 N–H and O–H groups in total. The molecule has 1 aliphatic heterocycles. The molecule has 5 heteroatoms. The Balaban J connectivity index is 2.34. The maximum atomic E-state index is 13.3. The van der Waals surface area contributed by atoms with Crippen LogP contribution in [0.5, 0.6) is 0 Å². The van der Waals surface area contributed by atoms with Gasteiger partial charge in [0.1, 0.15) is 11.2 Å². The number of nitrogens with two attached hydrogens (primary N) is 2. The van der Waals surface area contributed by atoms with Crippen LogP contribution in [0.4, 0.5) is 0 Å². The minimum atomic E-state index is -1.17. The zero-order valence-corrected chi connectivity index (χ0v) is 16.8. The molecule has 1 saturated heterocycles. The van der Waals surface area contributed by atoms with Gasteiger partial charge in [-0.3, -0.25) is 21.2 Å². The van der Waals surface area contributed by atoms with Crippen molar-refractivity contribution in [2.24, 2.45) is 22.3 Å². The third-order valence-corrected chi connectivity index (χ3v) is 6.49. The van der Waals surface area contributed by atoms with Gasteiger partial charge in [0, 0.05) is 12.6 Å². The Hall–Kier alpha value is -0.650. The molecule has 1 saturated carbocycles. The highest BCUT2D eigenvalue weighted by atomic mass is 16.5. The van der Waals surface area contributed by atoms with E-state index in [-0.39, 0.29) is 11.4 Å². The number of carbonyl (C=O) groups is 1. The van der Waals surface area contributed by atoms with Crippen molar-refractivity contribution in [2.75, 3.05) is 13.2 Å². The van der Waals surface area contributed by atoms with Crippen LogP contribution in [0.15, 0.2) is 0 Å². The van der Waals surface area contributed by atoms with Crippen LogP contribution in [0.25, 0.3) is 0 Å². The smallest absolute Gasteiger partial charge is 0.317 e. The van der Waals surface area contributed by atoms with Crippen molar-refractivity contribution >= 4 is 5.97 Å². The largest absolute Gasteiger partial charge is 0.465 e. The Morgan fingerprint density at radius 1 is 1.16 bits per heavy atom. The first kappa shape index (κ1) is 20.7. The topological polar surface area (TPSA) is 81.6 Å². The van der Waals surface area contributed by atoms with Gasteiger partial charge in [-0.25, -0.2) is 0 Å². The second kappa shape index (κ2) is 7.93. The van der Waals surface area contributed by atoms with Crippen LogP contribution >= 0.6 is 0 Å². The first-order valence-electron chi connectivity index (χ1n) is 10.2. The van der Waals surface area contributed by atoms with E-state index >= 15 is 0 Å². The zero-order chi connectivity index (χ0) is 18.7. The lowest BCUT2D eigenvalue weighted by Gasteiger charge is -2.60. The molecular formula is C20H39N3O2. The first-order chi connectivity index (χ1) is 11.7. The number of rotatable bonds is 5. The average molecular weight is 354 g/mol. The van der Waals surface area contributed by atoms with E-state index in [1.54, 1.807) is 0 Å². The predicted octanol–water partition coefficient (Wildman–Crippen LogP) is 3.36. The summed E-state index contributed by atoms with van der Waals surface area (Å²) in [5.74, 6) is -1.38. The van der Waals surface area contributed by atoms with Crippen LogP contribution in [-0.2, 0) is 9.53 Å². The number of hydrogen-bond acceptors (Lipinski definition) is 5. The van der Waals surface area contributed by atoms with Gasteiger partial charge in [-0.2, -0.15) is 0 Å². The second-order valence-electron chi connectivity index (χ2n) is 9.06. The fourth-order valence-electron chi connectivity index (χ4n) is 5.00. The molecule has 0 aromatic heterocycles. The molecule has 2 aliphatic rings. The molecule has 0 aromatic rings. The molecule has 0 bridgehead atoms. The summed E-state index contributed by atoms with van der Waals surface area (Å²) < 4.78 is 5.70. The van der Waals surface area contributed by atoms with Gasteiger partial charge in [0.05, 0.1) is 6.61 Å². The monoisotopic (exact) mass is 353 g/mol. The summed E-state index contributed by atoms with van der Waals surface area (Å²) in [4.78, 5) is 15.5. The Morgan fingerprint density at radius 3 is 2.36 bits per heavy atom. The molecule has 5 nitrogen and oxygen atoms in total.